The van der Waals surface area contributed by atoms with Crippen molar-refractivity contribution in [3.63, 3.8) is 0 Å². The second-order valence-corrected chi connectivity index (χ2v) is 7.77. The summed E-state index contributed by atoms with van der Waals surface area (Å²) in [6.07, 6.45) is 2.59. The van der Waals surface area contributed by atoms with Gasteiger partial charge in [0, 0.05) is 17.8 Å². The van der Waals surface area contributed by atoms with Gasteiger partial charge in [-0.25, -0.2) is 8.42 Å². The maximum Gasteiger partial charge on any atom is 0.305 e. The van der Waals surface area contributed by atoms with Crippen LogP contribution in [0.15, 0.2) is 9.00 Å². The van der Waals surface area contributed by atoms with Crippen LogP contribution in [0.5, 0.6) is 0 Å². The van der Waals surface area contributed by atoms with Crippen LogP contribution < -0.4 is 4.87 Å². The Labute approximate surface area is 111 Å². The number of nitrogens with one attached hydrogen (secondary N) is 1. The van der Waals surface area contributed by atoms with Gasteiger partial charge in [0.15, 0.2) is 4.21 Å². The molecule has 1 N–H and O–H groups in total. The lowest BCUT2D eigenvalue weighted by atomic mass is 10.2. The van der Waals surface area contributed by atoms with Crippen molar-refractivity contribution in [1.82, 2.24) is 9.29 Å². The Kier molecular flexibility index (Phi) is 3.66. The summed E-state index contributed by atoms with van der Waals surface area (Å²) < 4.78 is 27.0. The largest absolute Gasteiger partial charge is 0.315 e. The second-order valence-electron chi connectivity index (χ2n) is 4.75. The number of hydrogen-bond acceptors (Lipinski definition) is 4. The number of aryl methyl sites for hydroxylation is 1. The van der Waals surface area contributed by atoms with Crippen molar-refractivity contribution in [1.29, 1.82) is 0 Å². The molecule has 0 radical (unpaired) electrons. The SMILES string of the molecule is CCC1CCC(C)N1S(=O)(=O)c1sc(=O)[nH]c1C. The van der Waals surface area contributed by atoms with E-state index >= 15 is 0 Å². The minimum atomic E-state index is -3.54. The van der Waals surface area contributed by atoms with Gasteiger partial charge in [-0.15, -0.1) is 0 Å². The molecule has 102 valence electrons. The fourth-order valence-electron chi connectivity index (χ4n) is 2.60. The number of hydrogen-bond donors (Lipinski definition) is 1. The van der Waals surface area contributed by atoms with Crippen molar-refractivity contribution in [3.8, 4) is 0 Å². The summed E-state index contributed by atoms with van der Waals surface area (Å²) in [5.74, 6) is 0. The highest BCUT2D eigenvalue weighted by Crippen LogP contribution is 2.33. The van der Waals surface area contributed by atoms with Crippen LogP contribution in [0.3, 0.4) is 0 Å². The van der Waals surface area contributed by atoms with Crippen LogP contribution in [0.4, 0.5) is 0 Å². The third-order valence-corrected chi connectivity index (χ3v) is 7.12. The fraction of sp³-hybridized carbons (Fsp3) is 0.727. The minimum absolute atomic E-state index is 0.0107. The van der Waals surface area contributed by atoms with Crippen molar-refractivity contribution in [3.05, 3.63) is 15.4 Å². The zero-order valence-corrected chi connectivity index (χ0v) is 12.4. The first kappa shape index (κ1) is 13.8. The Hall–Kier alpha value is -0.660. The van der Waals surface area contributed by atoms with E-state index in [-0.39, 0.29) is 21.2 Å². The van der Waals surface area contributed by atoms with Gasteiger partial charge in [-0.1, -0.05) is 18.3 Å². The number of rotatable bonds is 3. The Morgan fingerprint density at radius 1 is 1.44 bits per heavy atom. The third kappa shape index (κ3) is 2.15. The second kappa shape index (κ2) is 4.79. The molecule has 0 saturated carbocycles. The van der Waals surface area contributed by atoms with Crippen molar-refractivity contribution in [2.45, 2.75) is 56.3 Å². The first-order valence-corrected chi connectivity index (χ1v) is 8.36. The number of aromatic nitrogens is 1. The van der Waals surface area contributed by atoms with E-state index in [2.05, 4.69) is 4.98 Å². The molecule has 18 heavy (non-hydrogen) atoms. The molecule has 0 amide bonds. The van der Waals surface area contributed by atoms with Gasteiger partial charge in [0.2, 0.25) is 0 Å². The molecule has 1 fully saturated rings. The lowest BCUT2D eigenvalue weighted by Gasteiger charge is -2.26. The molecule has 1 aliphatic rings. The molecule has 2 heterocycles. The Morgan fingerprint density at radius 2 is 2.11 bits per heavy atom. The van der Waals surface area contributed by atoms with Crippen LogP contribution in [0.1, 0.15) is 38.8 Å². The van der Waals surface area contributed by atoms with E-state index < -0.39 is 10.0 Å². The lowest BCUT2D eigenvalue weighted by molar-refractivity contribution is 0.329. The molecule has 0 aromatic carbocycles. The van der Waals surface area contributed by atoms with Crippen LogP contribution in [0.2, 0.25) is 0 Å². The first-order valence-electron chi connectivity index (χ1n) is 6.11. The topological polar surface area (TPSA) is 70.2 Å². The van der Waals surface area contributed by atoms with E-state index in [1.165, 1.54) is 0 Å². The Morgan fingerprint density at radius 3 is 2.61 bits per heavy atom. The molecule has 0 spiro atoms. The highest BCUT2D eigenvalue weighted by atomic mass is 32.2. The van der Waals surface area contributed by atoms with E-state index in [1.54, 1.807) is 11.2 Å². The highest BCUT2D eigenvalue weighted by Gasteiger charge is 2.40. The minimum Gasteiger partial charge on any atom is -0.315 e. The molecule has 5 nitrogen and oxygen atoms in total. The van der Waals surface area contributed by atoms with E-state index in [0.29, 0.717) is 5.69 Å². The van der Waals surface area contributed by atoms with E-state index in [1.807, 2.05) is 13.8 Å². The standard InChI is InChI=1S/C11H18N2O3S2/c1-4-9-6-5-7(2)13(9)18(15,16)10-8(3)12-11(14)17-10/h7,9H,4-6H2,1-3H3,(H,12,14). The van der Waals surface area contributed by atoms with Crippen molar-refractivity contribution in [2.24, 2.45) is 0 Å². The van der Waals surface area contributed by atoms with Crippen molar-refractivity contribution in [2.75, 3.05) is 0 Å². The molecular formula is C11H18N2O3S2. The highest BCUT2D eigenvalue weighted by molar-refractivity contribution is 7.91. The van der Waals surface area contributed by atoms with Crippen molar-refractivity contribution >= 4 is 21.4 Å². The fourth-order valence-corrected chi connectivity index (χ4v) is 5.94. The first-order chi connectivity index (χ1) is 8.37. The monoisotopic (exact) mass is 290 g/mol. The number of sulfonamides is 1. The molecule has 2 atom stereocenters. The van der Waals surface area contributed by atoms with Crippen molar-refractivity contribution < 1.29 is 8.42 Å². The van der Waals surface area contributed by atoms with Crippen LogP contribution in [-0.4, -0.2) is 29.8 Å². The van der Waals surface area contributed by atoms with Gasteiger partial charge < -0.3 is 4.98 Å². The zero-order valence-electron chi connectivity index (χ0n) is 10.8. The molecule has 7 heteroatoms. The predicted octanol–water partition coefficient (Wildman–Crippen LogP) is 1.70. The molecule has 2 unspecified atom stereocenters. The average Bonchev–Trinajstić information content (AvgIpc) is 2.82. The van der Waals surface area contributed by atoms with E-state index in [0.717, 1.165) is 30.6 Å². The summed E-state index contributed by atoms with van der Waals surface area (Å²) >= 11 is 0.782. The average molecular weight is 290 g/mol. The van der Waals surface area contributed by atoms with E-state index in [9.17, 15) is 13.2 Å². The Balaban J connectivity index is 2.48. The zero-order chi connectivity index (χ0) is 13.5. The number of H-pyrrole nitrogens is 1. The summed E-state index contributed by atoms with van der Waals surface area (Å²) in [6.45, 7) is 5.56. The molecule has 1 aliphatic heterocycles. The maximum atomic E-state index is 12.6. The van der Waals surface area contributed by atoms with E-state index in [4.69, 9.17) is 0 Å². The normalized spacial score (nSPS) is 25.7. The summed E-state index contributed by atoms with van der Waals surface area (Å²) in [5.41, 5.74) is 0.443. The predicted molar refractivity (Wildman–Crippen MR) is 71.5 cm³/mol. The molecule has 0 aliphatic carbocycles. The molecular weight excluding hydrogens is 272 g/mol. The number of nitrogens with zero attached hydrogens (tertiary/aromatic N) is 1. The van der Waals surface area contributed by atoms with Gasteiger partial charge in [-0.2, -0.15) is 4.31 Å². The molecule has 1 aromatic rings. The maximum absolute atomic E-state index is 12.6. The third-order valence-electron chi connectivity index (χ3n) is 3.48. The van der Waals surface area contributed by atoms with Gasteiger partial charge in [-0.05, 0) is 33.1 Å². The smallest absolute Gasteiger partial charge is 0.305 e. The van der Waals surface area contributed by atoms with Gasteiger partial charge in [-0.3, -0.25) is 4.79 Å². The summed E-state index contributed by atoms with van der Waals surface area (Å²) in [6, 6.07) is 0.0677. The lowest BCUT2D eigenvalue weighted by Crippen LogP contribution is -2.39. The molecule has 1 aromatic heterocycles. The summed E-state index contributed by atoms with van der Waals surface area (Å²) in [5, 5.41) is 0. The van der Waals surface area contributed by atoms with Gasteiger partial charge in [0.1, 0.15) is 0 Å². The number of aromatic amines is 1. The quantitative estimate of drug-likeness (QED) is 0.921. The van der Waals surface area contributed by atoms with Crippen LogP contribution in [0.25, 0.3) is 0 Å². The molecule has 0 bridgehead atoms. The Bertz CT molecular complexity index is 588. The summed E-state index contributed by atoms with van der Waals surface area (Å²) in [4.78, 5) is 13.5. The van der Waals surface area contributed by atoms with Crippen LogP contribution >= 0.6 is 11.3 Å². The van der Waals surface area contributed by atoms with Crippen LogP contribution in [0, 0.1) is 6.92 Å². The van der Waals surface area contributed by atoms with Gasteiger partial charge in [0.05, 0.1) is 0 Å². The molecule has 1 saturated heterocycles. The van der Waals surface area contributed by atoms with Gasteiger partial charge in [0.25, 0.3) is 10.0 Å². The molecule has 2 rings (SSSR count). The summed E-state index contributed by atoms with van der Waals surface area (Å²) in [7, 11) is -3.54. The number of thiazole rings is 1. The van der Waals surface area contributed by atoms with Gasteiger partial charge >= 0.3 is 4.87 Å². The van der Waals surface area contributed by atoms with Crippen LogP contribution in [-0.2, 0) is 10.0 Å².